The highest BCUT2D eigenvalue weighted by Crippen LogP contribution is 2.08. The van der Waals surface area contributed by atoms with Crippen LogP contribution in [0.25, 0.3) is 0 Å². The molecule has 0 aromatic heterocycles. The number of carbonyl (C=O) groups is 3. The van der Waals surface area contributed by atoms with Crippen LogP contribution in [-0.2, 0) is 9.59 Å². The third-order valence-corrected chi connectivity index (χ3v) is 3.48. The number of hydrogen-bond acceptors (Lipinski definition) is 3. The SMILES string of the molecule is CCN1CCN(CCC(=O)c2ccccc2)C(=O)C1=O. The van der Waals surface area contributed by atoms with Crippen LogP contribution in [-0.4, -0.2) is 53.6 Å². The Labute approximate surface area is 118 Å². The lowest BCUT2D eigenvalue weighted by Crippen LogP contribution is -2.54. The molecule has 20 heavy (non-hydrogen) atoms. The Hall–Kier alpha value is -2.17. The van der Waals surface area contributed by atoms with Gasteiger partial charge in [0.2, 0.25) is 0 Å². The fourth-order valence-electron chi connectivity index (χ4n) is 2.23. The van der Waals surface area contributed by atoms with Crippen molar-refractivity contribution in [2.45, 2.75) is 13.3 Å². The number of carbonyl (C=O) groups excluding carboxylic acids is 3. The quantitative estimate of drug-likeness (QED) is 0.593. The molecule has 1 aromatic carbocycles. The minimum atomic E-state index is -0.501. The lowest BCUT2D eigenvalue weighted by molar-refractivity contribution is -0.155. The summed E-state index contributed by atoms with van der Waals surface area (Å²) in [6, 6.07) is 8.97. The van der Waals surface area contributed by atoms with Gasteiger partial charge in [0.25, 0.3) is 0 Å². The zero-order valence-corrected chi connectivity index (χ0v) is 11.5. The number of amides is 2. The molecular formula is C15H18N2O3. The van der Waals surface area contributed by atoms with Gasteiger partial charge in [-0.05, 0) is 6.92 Å². The molecule has 0 bridgehead atoms. The highest BCUT2D eigenvalue weighted by molar-refractivity contribution is 6.35. The first-order valence-corrected chi connectivity index (χ1v) is 6.80. The van der Waals surface area contributed by atoms with Crippen molar-refractivity contribution >= 4 is 17.6 Å². The van der Waals surface area contributed by atoms with Gasteiger partial charge in [-0.3, -0.25) is 14.4 Å². The molecule has 0 unspecified atom stereocenters. The second-order valence-electron chi connectivity index (χ2n) is 4.72. The van der Waals surface area contributed by atoms with Gasteiger partial charge >= 0.3 is 11.8 Å². The van der Waals surface area contributed by atoms with Crippen molar-refractivity contribution in [1.29, 1.82) is 0 Å². The molecular weight excluding hydrogens is 256 g/mol. The van der Waals surface area contributed by atoms with E-state index in [-0.39, 0.29) is 12.2 Å². The number of ketones is 1. The lowest BCUT2D eigenvalue weighted by Gasteiger charge is -2.32. The molecule has 0 radical (unpaired) electrons. The smallest absolute Gasteiger partial charge is 0.312 e. The number of Topliss-reactive ketones (excluding diaryl/α,β-unsaturated/α-hetero) is 1. The predicted molar refractivity (Wildman–Crippen MR) is 74.2 cm³/mol. The summed E-state index contributed by atoms with van der Waals surface area (Å²) in [6.45, 7) is 3.73. The predicted octanol–water partition coefficient (Wildman–Crippen LogP) is 0.950. The van der Waals surface area contributed by atoms with Crippen LogP contribution in [0.5, 0.6) is 0 Å². The van der Waals surface area contributed by atoms with Crippen LogP contribution < -0.4 is 0 Å². The first-order valence-electron chi connectivity index (χ1n) is 6.80. The van der Waals surface area contributed by atoms with Crippen molar-refractivity contribution in [3.05, 3.63) is 35.9 Å². The van der Waals surface area contributed by atoms with Crippen molar-refractivity contribution in [3.8, 4) is 0 Å². The van der Waals surface area contributed by atoms with Gasteiger partial charge in [0.15, 0.2) is 5.78 Å². The Balaban J connectivity index is 1.90. The van der Waals surface area contributed by atoms with Crippen LogP contribution in [0.1, 0.15) is 23.7 Å². The van der Waals surface area contributed by atoms with Gasteiger partial charge in [0, 0.05) is 38.2 Å². The van der Waals surface area contributed by atoms with Gasteiger partial charge in [-0.25, -0.2) is 0 Å². The summed E-state index contributed by atoms with van der Waals surface area (Å²) in [5.74, 6) is -0.978. The van der Waals surface area contributed by atoms with E-state index in [1.165, 1.54) is 9.80 Å². The van der Waals surface area contributed by atoms with Gasteiger partial charge < -0.3 is 9.80 Å². The van der Waals surface area contributed by atoms with Gasteiger partial charge in [-0.1, -0.05) is 30.3 Å². The van der Waals surface area contributed by atoms with Crippen molar-refractivity contribution < 1.29 is 14.4 Å². The molecule has 1 aromatic rings. The first kappa shape index (κ1) is 14.2. The third-order valence-electron chi connectivity index (χ3n) is 3.48. The summed E-state index contributed by atoms with van der Waals surface area (Å²) >= 11 is 0. The van der Waals surface area contributed by atoms with Crippen molar-refractivity contribution in [3.63, 3.8) is 0 Å². The number of rotatable bonds is 5. The van der Waals surface area contributed by atoms with E-state index in [4.69, 9.17) is 0 Å². The summed E-state index contributed by atoms with van der Waals surface area (Å²) in [5.41, 5.74) is 0.637. The van der Waals surface area contributed by atoms with Gasteiger partial charge in [0.05, 0.1) is 0 Å². The average molecular weight is 274 g/mol. The standard InChI is InChI=1S/C15H18N2O3/c1-2-16-10-11-17(15(20)14(16)19)9-8-13(18)12-6-4-3-5-7-12/h3-7H,2,8-11H2,1H3. The van der Waals surface area contributed by atoms with Gasteiger partial charge in [-0.15, -0.1) is 0 Å². The molecule has 5 nitrogen and oxygen atoms in total. The lowest BCUT2D eigenvalue weighted by atomic mass is 10.1. The Kier molecular flexibility index (Phi) is 4.50. The van der Waals surface area contributed by atoms with Crippen LogP contribution in [0.4, 0.5) is 0 Å². The Bertz CT molecular complexity index is 513. The van der Waals surface area contributed by atoms with Crippen LogP contribution in [0.3, 0.4) is 0 Å². The van der Waals surface area contributed by atoms with Crippen LogP contribution >= 0.6 is 0 Å². The molecule has 1 aliphatic rings. The van der Waals surface area contributed by atoms with Crippen LogP contribution in [0.2, 0.25) is 0 Å². The maximum absolute atomic E-state index is 12.0. The molecule has 106 valence electrons. The molecule has 0 atom stereocenters. The number of benzene rings is 1. The average Bonchev–Trinajstić information content (AvgIpc) is 2.49. The zero-order valence-electron chi connectivity index (χ0n) is 11.5. The summed E-state index contributed by atoms with van der Waals surface area (Å²) in [7, 11) is 0. The van der Waals surface area contributed by atoms with E-state index in [1.807, 2.05) is 25.1 Å². The molecule has 2 amide bonds. The highest BCUT2D eigenvalue weighted by atomic mass is 16.2. The summed E-state index contributed by atoms with van der Waals surface area (Å²) < 4.78 is 0. The summed E-state index contributed by atoms with van der Waals surface area (Å²) in [4.78, 5) is 38.6. The second-order valence-corrected chi connectivity index (χ2v) is 4.72. The molecule has 1 fully saturated rings. The largest absolute Gasteiger partial charge is 0.333 e. The third kappa shape index (κ3) is 3.04. The number of likely N-dealkylation sites (N-methyl/N-ethyl adjacent to an activating group) is 1. The van der Waals surface area contributed by atoms with E-state index in [1.54, 1.807) is 12.1 Å². The normalized spacial score (nSPS) is 15.7. The van der Waals surface area contributed by atoms with Crippen LogP contribution in [0.15, 0.2) is 30.3 Å². The minimum Gasteiger partial charge on any atom is -0.333 e. The Morgan fingerprint density at radius 3 is 2.30 bits per heavy atom. The van der Waals surface area contributed by atoms with E-state index in [0.717, 1.165) is 0 Å². The monoisotopic (exact) mass is 274 g/mol. The van der Waals surface area contributed by atoms with E-state index < -0.39 is 11.8 Å². The van der Waals surface area contributed by atoms with E-state index >= 15 is 0 Å². The Morgan fingerprint density at radius 1 is 1.05 bits per heavy atom. The number of nitrogens with zero attached hydrogens (tertiary/aromatic N) is 2. The molecule has 0 spiro atoms. The minimum absolute atomic E-state index is 0.0104. The number of hydrogen-bond donors (Lipinski definition) is 0. The fraction of sp³-hybridized carbons (Fsp3) is 0.400. The van der Waals surface area contributed by atoms with E-state index in [2.05, 4.69) is 0 Å². The summed E-state index contributed by atoms with van der Waals surface area (Å²) in [6.07, 6.45) is 0.245. The summed E-state index contributed by atoms with van der Waals surface area (Å²) in [5, 5.41) is 0. The molecule has 0 aliphatic carbocycles. The Morgan fingerprint density at radius 2 is 1.65 bits per heavy atom. The highest BCUT2D eigenvalue weighted by Gasteiger charge is 2.31. The van der Waals surface area contributed by atoms with Crippen LogP contribution in [0, 0.1) is 0 Å². The van der Waals surface area contributed by atoms with E-state index in [0.29, 0.717) is 31.7 Å². The molecule has 0 N–H and O–H groups in total. The molecule has 1 saturated heterocycles. The van der Waals surface area contributed by atoms with Crippen molar-refractivity contribution in [1.82, 2.24) is 9.80 Å². The second kappa shape index (κ2) is 6.32. The topological polar surface area (TPSA) is 57.7 Å². The number of piperazine rings is 1. The van der Waals surface area contributed by atoms with Crippen molar-refractivity contribution in [2.75, 3.05) is 26.2 Å². The van der Waals surface area contributed by atoms with Gasteiger partial charge in [-0.2, -0.15) is 0 Å². The molecule has 1 heterocycles. The molecule has 5 heteroatoms. The first-order chi connectivity index (χ1) is 9.63. The molecule has 0 saturated carbocycles. The molecule has 1 aliphatic heterocycles. The molecule has 2 rings (SSSR count). The zero-order chi connectivity index (χ0) is 14.5. The van der Waals surface area contributed by atoms with E-state index in [9.17, 15) is 14.4 Å². The maximum Gasteiger partial charge on any atom is 0.312 e. The maximum atomic E-state index is 12.0. The fourth-order valence-corrected chi connectivity index (χ4v) is 2.23. The van der Waals surface area contributed by atoms with Gasteiger partial charge in [0.1, 0.15) is 0 Å². The van der Waals surface area contributed by atoms with Crippen molar-refractivity contribution in [2.24, 2.45) is 0 Å².